The zero-order valence-corrected chi connectivity index (χ0v) is 11.7. The Bertz CT molecular complexity index is 571. The van der Waals surface area contributed by atoms with Gasteiger partial charge >= 0.3 is 0 Å². The van der Waals surface area contributed by atoms with Crippen molar-refractivity contribution in [2.24, 2.45) is 0 Å². The zero-order chi connectivity index (χ0) is 13.8. The van der Waals surface area contributed by atoms with Crippen LogP contribution >= 0.6 is 0 Å². The van der Waals surface area contributed by atoms with Gasteiger partial charge in [-0.2, -0.15) is 0 Å². The van der Waals surface area contributed by atoms with Gasteiger partial charge in [0.2, 0.25) is 0 Å². The summed E-state index contributed by atoms with van der Waals surface area (Å²) in [5.74, 6) is 1.04. The number of nitrogens with zero attached hydrogens (tertiary/aromatic N) is 2. The average molecular weight is 269 g/mol. The fourth-order valence-corrected chi connectivity index (χ4v) is 2.71. The SMILES string of the molecule is CCNC(c1cncnc1)c1cccc2c1OCCC2. The van der Waals surface area contributed by atoms with Crippen LogP contribution in [-0.2, 0) is 6.42 Å². The lowest BCUT2D eigenvalue weighted by atomic mass is 9.95. The summed E-state index contributed by atoms with van der Waals surface area (Å²) >= 11 is 0. The largest absolute Gasteiger partial charge is 0.493 e. The Morgan fingerprint density at radius 1 is 1.30 bits per heavy atom. The third-order valence-electron chi connectivity index (χ3n) is 3.60. The van der Waals surface area contributed by atoms with E-state index < -0.39 is 0 Å². The van der Waals surface area contributed by atoms with Crippen molar-refractivity contribution in [2.75, 3.05) is 13.2 Å². The van der Waals surface area contributed by atoms with Crippen molar-refractivity contribution in [1.82, 2.24) is 15.3 Å². The van der Waals surface area contributed by atoms with Gasteiger partial charge in [-0.25, -0.2) is 9.97 Å². The number of nitrogens with one attached hydrogen (secondary N) is 1. The van der Waals surface area contributed by atoms with E-state index in [0.717, 1.165) is 37.3 Å². The molecule has 1 aliphatic heterocycles. The van der Waals surface area contributed by atoms with Crippen LogP contribution in [0.5, 0.6) is 5.75 Å². The maximum atomic E-state index is 5.92. The van der Waals surface area contributed by atoms with E-state index in [1.54, 1.807) is 6.33 Å². The summed E-state index contributed by atoms with van der Waals surface area (Å²) in [4.78, 5) is 8.27. The van der Waals surface area contributed by atoms with Crippen molar-refractivity contribution in [2.45, 2.75) is 25.8 Å². The molecular formula is C16H19N3O. The highest BCUT2D eigenvalue weighted by atomic mass is 16.5. The third kappa shape index (κ3) is 2.51. The van der Waals surface area contributed by atoms with Crippen LogP contribution in [-0.4, -0.2) is 23.1 Å². The van der Waals surface area contributed by atoms with Crippen LogP contribution in [0.4, 0.5) is 0 Å². The fraction of sp³-hybridized carbons (Fsp3) is 0.375. The molecule has 4 heteroatoms. The summed E-state index contributed by atoms with van der Waals surface area (Å²) in [6, 6.07) is 6.47. The van der Waals surface area contributed by atoms with E-state index in [1.165, 1.54) is 11.1 Å². The fourth-order valence-electron chi connectivity index (χ4n) is 2.71. The van der Waals surface area contributed by atoms with Gasteiger partial charge in [0.05, 0.1) is 12.6 Å². The maximum Gasteiger partial charge on any atom is 0.127 e. The van der Waals surface area contributed by atoms with E-state index in [-0.39, 0.29) is 6.04 Å². The molecule has 20 heavy (non-hydrogen) atoms. The Balaban J connectivity index is 2.04. The Morgan fingerprint density at radius 3 is 2.95 bits per heavy atom. The van der Waals surface area contributed by atoms with E-state index >= 15 is 0 Å². The number of rotatable bonds is 4. The molecule has 2 aromatic rings. The second-order valence-corrected chi connectivity index (χ2v) is 4.95. The molecule has 0 saturated heterocycles. The van der Waals surface area contributed by atoms with Crippen molar-refractivity contribution in [3.05, 3.63) is 53.6 Å². The number of aryl methyl sites for hydroxylation is 1. The number of benzene rings is 1. The molecule has 3 rings (SSSR count). The summed E-state index contributed by atoms with van der Waals surface area (Å²) in [7, 11) is 0. The molecule has 104 valence electrons. The van der Waals surface area contributed by atoms with Crippen molar-refractivity contribution < 1.29 is 4.74 Å². The highest BCUT2D eigenvalue weighted by Gasteiger charge is 2.22. The molecule has 0 spiro atoms. The van der Waals surface area contributed by atoms with E-state index in [9.17, 15) is 0 Å². The van der Waals surface area contributed by atoms with Gasteiger partial charge in [-0.3, -0.25) is 0 Å². The lowest BCUT2D eigenvalue weighted by molar-refractivity contribution is 0.283. The summed E-state index contributed by atoms with van der Waals surface area (Å²) < 4.78 is 5.92. The van der Waals surface area contributed by atoms with E-state index in [2.05, 4.69) is 40.4 Å². The minimum Gasteiger partial charge on any atom is -0.493 e. The van der Waals surface area contributed by atoms with Gasteiger partial charge in [0, 0.05) is 23.5 Å². The number of ether oxygens (including phenoxy) is 1. The number of aromatic nitrogens is 2. The molecular weight excluding hydrogens is 250 g/mol. The van der Waals surface area contributed by atoms with Gasteiger partial charge in [-0.1, -0.05) is 25.1 Å². The molecule has 1 aromatic heterocycles. The Labute approximate surface area is 119 Å². The summed E-state index contributed by atoms with van der Waals surface area (Å²) in [5.41, 5.74) is 3.55. The standard InChI is InChI=1S/C16H19N3O/c1-2-19-15(13-9-17-11-18-10-13)14-7-3-5-12-6-4-8-20-16(12)14/h3,5,7,9-11,15,19H,2,4,6,8H2,1H3. The van der Waals surface area contributed by atoms with Crippen LogP contribution in [0, 0.1) is 0 Å². The summed E-state index contributed by atoms with van der Waals surface area (Å²) in [6.45, 7) is 3.78. The Hall–Kier alpha value is -1.94. The number of hydrogen-bond donors (Lipinski definition) is 1. The molecule has 4 nitrogen and oxygen atoms in total. The van der Waals surface area contributed by atoms with Gasteiger partial charge in [0.25, 0.3) is 0 Å². The van der Waals surface area contributed by atoms with Gasteiger partial charge < -0.3 is 10.1 Å². The second-order valence-electron chi connectivity index (χ2n) is 4.95. The lowest BCUT2D eigenvalue weighted by Crippen LogP contribution is -2.24. The molecule has 0 saturated carbocycles. The first-order chi connectivity index (χ1) is 9.90. The van der Waals surface area contributed by atoms with Crippen molar-refractivity contribution in [3.8, 4) is 5.75 Å². The number of para-hydroxylation sites is 1. The second kappa shape index (κ2) is 6.01. The molecule has 0 aliphatic carbocycles. The van der Waals surface area contributed by atoms with Crippen molar-refractivity contribution in [1.29, 1.82) is 0 Å². The normalized spacial score (nSPS) is 15.2. The highest BCUT2D eigenvalue weighted by molar-refractivity contribution is 5.47. The molecule has 1 aromatic carbocycles. The Kier molecular flexibility index (Phi) is 3.92. The summed E-state index contributed by atoms with van der Waals surface area (Å²) in [6.07, 6.45) is 7.47. The first-order valence-corrected chi connectivity index (χ1v) is 7.13. The minimum atomic E-state index is 0.0780. The molecule has 0 fully saturated rings. The van der Waals surface area contributed by atoms with Crippen molar-refractivity contribution >= 4 is 0 Å². The molecule has 1 unspecified atom stereocenters. The average Bonchev–Trinajstić information content (AvgIpc) is 2.53. The molecule has 0 radical (unpaired) electrons. The van der Waals surface area contributed by atoms with Crippen LogP contribution in [0.15, 0.2) is 36.9 Å². The monoisotopic (exact) mass is 269 g/mol. The van der Waals surface area contributed by atoms with Crippen LogP contribution in [0.25, 0.3) is 0 Å². The van der Waals surface area contributed by atoms with Gasteiger partial charge in [-0.05, 0) is 24.9 Å². The first kappa shape index (κ1) is 13.1. The lowest BCUT2D eigenvalue weighted by Gasteiger charge is -2.25. The molecule has 1 N–H and O–H groups in total. The van der Waals surface area contributed by atoms with Gasteiger partial charge in [0.1, 0.15) is 12.1 Å². The number of hydrogen-bond acceptors (Lipinski definition) is 4. The van der Waals surface area contributed by atoms with E-state index in [1.807, 2.05) is 12.4 Å². The maximum absolute atomic E-state index is 5.92. The predicted octanol–water partition coefficient (Wildman–Crippen LogP) is 2.50. The molecule has 1 aliphatic rings. The van der Waals surface area contributed by atoms with Crippen LogP contribution in [0.2, 0.25) is 0 Å². The number of fused-ring (bicyclic) bond motifs is 1. The van der Waals surface area contributed by atoms with Crippen LogP contribution in [0.3, 0.4) is 0 Å². The summed E-state index contributed by atoms with van der Waals surface area (Å²) in [5, 5.41) is 3.51. The van der Waals surface area contributed by atoms with Crippen LogP contribution < -0.4 is 10.1 Å². The van der Waals surface area contributed by atoms with E-state index in [4.69, 9.17) is 4.74 Å². The predicted molar refractivity (Wildman–Crippen MR) is 77.8 cm³/mol. The smallest absolute Gasteiger partial charge is 0.127 e. The topological polar surface area (TPSA) is 47.0 Å². The van der Waals surface area contributed by atoms with E-state index in [0.29, 0.717) is 0 Å². The first-order valence-electron chi connectivity index (χ1n) is 7.13. The highest BCUT2D eigenvalue weighted by Crippen LogP contribution is 2.35. The molecule has 0 bridgehead atoms. The van der Waals surface area contributed by atoms with Gasteiger partial charge in [0.15, 0.2) is 0 Å². The zero-order valence-electron chi connectivity index (χ0n) is 11.7. The molecule has 0 amide bonds. The van der Waals surface area contributed by atoms with Gasteiger partial charge in [-0.15, -0.1) is 0 Å². The van der Waals surface area contributed by atoms with Crippen molar-refractivity contribution in [3.63, 3.8) is 0 Å². The third-order valence-corrected chi connectivity index (χ3v) is 3.60. The van der Waals surface area contributed by atoms with Crippen LogP contribution in [0.1, 0.15) is 36.1 Å². The minimum absolute atomic E-state index is 0.0780. The molecule has 2 heterocycles. The Morgan fingerprint density at radius 2 is 2.15 bits per heavy atom. The quantitative estimate of drug-likeness (QED) is 0.926. The molecule has 1 atom stereocenters.